The Kier molecular flexibility index (Phi) is 3.95. The van der Waals surface area contributed by atoms with Crippen LogP contribution >= 0.6 is 15.9 Å². The van der Waals surface area contributed by atoms with Crippen molar-refractivity contribution in [2.45, 2.75) is 38.3 Å². The lowest BCUT2D eigenvalue weighted by Crippen LogP contribution is -2.33. The molecule has 23 heavy (non-hydrogen) atoms. The maximum absolute atomic E-state index is 4.57. The SMILES string of the molecule is Brc1cncc(CN(c2ncnc3[nH]ncc23)C2CCCC2)c1. The third kappa shape index (κ3) is 2.93. The Labute approximate surface area is 142 Å². The lowest BCUT2D eigenvalue weighted by molar-refractivity contribution is 0.599. The average Bonchev–Trinajstić information content (AvgIpc) is 3.23. The van der Waals surface area contributed by atoms with Crippen molar-refractivity contribution in [3.05, 3.63) is 41.0 Å². The van der Waals surface area contributed by atoms with E-state index in [4.69, 9.17) is 0 Å². The number of rotatable bonds is 4. The molecular weight excluding hydrogens is 356 g/mol. The summed E-state index contributed by atoms with van der Waals surface area (Å²) in [5, 5.41) is 8.02. The highest BCUT2D eigenvalue weighted by Gasteiger charge is 2.26. The molecule has 3 heterocycles. The van der Waals surface area contributed by atoms with Crippen molar-refractivity contribution >= 4 is 32.8 Å². The number of fused-ring (bicyclic) bond motifs is 1. The first-order valence-electron chi connectivity index (χ1n) is 7.81. The zero-order chi connectivity index (χ0) is 15.6. The summed E-state index contributed by atoms with van der Waals surface area (Å²) in [4.78, 5) is 15.5. The monoisotopic (exact) mass is 372 g/mol. The second-order valence-corrected chi connectivity index (χ2v) is 6.82. The number of pyridine rings is 1. The molecule has 1 aliphatic rings. The summed E-state index contributed by atoms with van der Waals surface area (Å²) < 4.78 is 0.998. The first-order valence-corrected chi connectivity index (χ1v) is 8.61. The van der Waals surface area contributed by atoms with Gasteiger partial charge in [-0.25, -0.2) is 9.97 Å². The van der Waals surface area contributed by atoms with Crippen LogP contribution < -0.4 is 4.90 Å². The Balaban J connectivity index is 1.74. The fourth-order valence-electron chi connectivity index (χ4n) is 3.31. The second kappa shape index (κ2) is 6.23. The highest BCUT2D eigenvalue weighted by atomic mass is 79.9. The number of aromatic nitrogens is 5. The molecule has 1 fully saturated rings. The van der Waals surface area contributed by atoms with Gasteiger partial charge in [0.1, 0.15) is 12.1 Å². The zero-order valence-electron chi connectivity index (χ0n) is 12.6. The van der Waals surface area contributed by atoms with Gasteiger partial charge in [0.25, 0.3) is 0 Å². The third-order valence-electron chi connectivity index (χ3n) is 4.38. The molecule has 0 radical (unpaired) electrons. The number of halogens is 1. The number of anilines is 1. The summed E-state index contributed by atoms with van der Waals surface area (Å²) in [6.07, 6.45) is 12.1. The predicted octanol–water partition coefficient (Wildman–Crippen LogP) is 3.46. The molecule has 3 aromatic rings. The molecular formula is C16H17BrN6. The van der Waals surface area contributed by atoms with Crippen molar-refractivity contribution in [2.24, 2.45) is 0 Å². The van der Waals surface area contributed by atoms with E-state index < -0.39 is 0 Å². The third-order valence-corrected chi connectivity index (χ3v) is 4.81. The number of nitrogens with zero attached hydrogens (tertiary/aromatic N) is 5. The number of H-pyrrole nitrogens is 1. The van der Waals surface area contributed by atoms with Crippen molar-refractivity contribution in [3.63, 3.8) is 0 Å². The van der Waals surface area contributed by atoms with E-state index in [1.807, 2.05) is 18.6 Å². The lowest BCUT2D eigenvalue weighted by Gasteiger charge is -2.30. The molecule has 0 saturated heterocycles. The summed E-state index contributed by atoms with van der Waals surface area (Å²) in [6, 6.07) is 2.62. The zero-order valence-corrected chi connectivity index (χ0v) is 14.2. The van der Waals surface area contributed by atoms with E-state index in [1.54, 1.807) is 6.33 Å². The number of aromatic amines is 1. The fourth-order valence-corrected chi connectivity index (χ4v) is 3.73. The summed E-state index contributed by atoms with van der Waals surface area (Å²) in [5.74, 6) is 0.954. The van der Waals surface area contributed by atoms with Crippen molar-refractivity contribution in [1.29, 1.82) is 0 Å². The van der Waals surface area contributed by atoms with Gasteiger partial charge in [0, 0.05) is 29.5 Å². The molecule has 0 spiro atoms. The molecule has 1 saturated carbocycles. The minimum atomic E-state index is 0.502. The Morgan fingerprint density at radius 1 is 1.17 bits per heavy atom. The minimum Gasteiger partial charge on any atom is -0.349 e. The molecule has 4 rings (SSSR count). The van der Waals surface area contributed by atoms with Gasteiger partial charge in [0.15, 0.2) is 5.65 Å². The van der Waals surface area contributed by atoms with Crippen LogP contribution in [0.2, 0.25) is 0 Å². The van der Waals surface area contributed by atoms with E-state index in [9.17, 15) is 0 Å². The van der Waals surface area contributed by atoms with E-state index >= 15 is 0 Å². The van der Waals surface area contributed by atoms with Crippen molar-refractivity contribution in [3.8, 4) is 0 Å². The summed E-state index contributed by atoms with van der Waals surface area (Å²) in [6.45, 7) is 0.786. The minimum absolute atomic E-state index is 0.502. The topological polar surface area (TPSA) is 70.6 Å². The van der Waals surface area contributed by atoms with E-state index in [0.29, 0.717) is 6.04 Å². The van der Waals surface area contributed by atoms with Crippen molar-refractivity contribution in [2.75, 3.05) is 4.90 Å². The Morgan fingerprint density at radius 2 is 2.04 bits per heavy atom. The molecule has 1 N–H and O–H groups in total. The molecule has 0 aliphatic heterocycles. The molecule has 6 nitrogen and oxygen atoms in total. The van der Waals surface area contributed by atoms with Gasteiger partial charge in [-0.2, -0.15) is 5.10 Å². The average molecular weight is 373 g/mol. The van der Waals surface area contributed by atoms with E-state index in [0.717, 1.165) is 27.9 Å². The van der Waals surface area contributed by atoms with Gasteiger partial charge in [-0.3, -0.25) is 10.1 Å². The second-order valence-electron chi connectivity index (χ2n) is 5.91. The summed E-state index contributed by atoms with van der Waals surface area (Å²) >= 11 is 3.50. The number of hydrogen-bond donors (Lipinski definition) is 1. The van der Waals surface area contributed by atoms with Gasteiger partial charge in [-0.05, 0) is 40.4 Å². The number of hydrogen-bond acceptors (Lipinski definition) is 5. The van der Waals surface area contributed by atoms with E-state index in [-0.39, 0.29) is 0 Å². The lowest BCUT2D eigenvalue weighted by atomic mass is 10.1. The van der Waals surface area contributed by atoms with Crippen LogP contribution in [0.1, 0.15) is 31.2 Å². The van der Waals surface area contributed by atoms with Gasteiger partial charge < -0.3 is 4.90 Å². The van der Waals surface area contributed by atoms with Crippen molar-refractivity contribution < 1.29 is 0 Å². The smallest absolute Gasteiger partial charge is 0.160 e. The van der Waals surface area contributed by atoms with Gasteiger partial charge >= 0.3 is 0 Å². The Morgan fingerprint density at radius 3 is 2.87 bits per heavy atom. The molecule has 0 bridgehead atoms. The van der Waals surface area contributed by atoms with Gasteiger partial charge in [0.2, 0.25) is 0 Å². The van der Waals surface area contributed by atoms with E-state index in [2.05, 4.69) is 52.0 Å². The number of nitrogens with one attached hydrogen (secondary N) is 1. The molecule has 1 aliphatic carbocycles. The predicted molar refractivity (Wildman–Crippen MR) is 92.1 cm³/mol. The molecule has 118 valence electrons. The molecule has 7 heteroatoms. The van der Waals surface area contributed by atoms with Crippen molar-refractivity contribution in [1.82, 2.24) is 25.1 Å². The van der Waals surface area contributed by atoms with Gasteiger partial charge in [-0.1, -0.05) is 12.8 Å². The molecule has 0 unspecified atom stereocenters. The molecule has 3 aromatic heterocycles. The van der Waals surface area contributed by atoms with E-state index in [1.165, 1.54) is 31.2 Å². The van der Waals surface area contributed by atoms with Crippen LogP contribution in [0.4, 0.5) is 5.82 Å². The highest BCUT2D eigenvalue weighted by molar-refractivity contribution is 9.10. The largest absolute Gasteiger partial charge is 0.349 e. The van der Waals surface area contributed by atoms with Crippen LogP contribution in [-0.4, -0.2) is 31.2 Å². The Bertz CT molecular complexity index is 811. The quantitative estimate of drug-likeness (QED) is 0.759. The normalized spacial score (nSPS) is 15.3. The van der Waals surface area contributed by atoms with Crippen LogP contribution in [0.5, 0.6) is 0 Å². The summed E-state index contributed by atoms with van der Waals surface area (Å²) in [5.41, 5.74) is 1.95. The maximum Gasteiger partial charge on any atom is 0.160 e. The highest BCUT2D eigenvalue weighted by Crippen LogP contribution is 2.32. The summed E-state index contributed by atoms with van der Waals surface area (Å²) in [7, 11) is 0. The Hall–Kier alpha value is -2.02. The van der Waals surface area contributed by atoms with Crippen LogP contribution in [0, 0.1) is 0 Å². The fraction of sp³-hybridized carbons (Fsp3) is 0.375. The van der Waals surface area contributed by atoms with Crippen LogP contribution in [0.15, 0.2) is 35.5 Å². The molecule has 0 atom stereocenters. The van der Waals surface area contributed by atoms with Gasteiger partial charge in [-0.15, -0.1) is 0 Å². The first kappa shape index (κ1) is 14.6. The molecule has 0 amide bonds. The van der Waals surface area contributed by atoms with Crippen LogP contribution in [-0.2, 0) is 6.54 Å². The first-order chi connectivity index (χ1) is 11.3. The standard InChI is InChI=1S/C16H17BrN6/c17-12-5-11(6-18-7-12)9-23(13-3-1-2-4-13)16-14-8-21-22-15(14)19-10-20-16/h5-8,10,13H,1-4,9H2,(H,19,20,21,22). The van der Waals surface area contributed by atoms with Crippen LogP contribution in [0.25, 0.3) is 11.0 Å². The molecule has 0 aromatic carbocycles. The van der Waals surface area contributed by atoms with Crippen LogP contribution in [0.3, 0.4) is 0 Å². The maximum atomic E-state index is 4.57. The van der Waals surface area contributed by atoms with Gasteiger partial charge in [0.05, 0.1) is 11.6 Å².